The van der Waals surface area contributed by atoms with Crippen LogP contribution in [-0.2, 0) is 13.3 Å². The second-order valence-corrected chi connectivity index (χ2v) is 10.1. The Hall–Kier alpha value is -5.42. The van der Waals surface area contributed by atoms with Gasteiger partial charge in [0, 0.05) is 28.5 Å². The van der Waals surface area contributed by atoms with E-state index in [1.807, 2.05) is 54.1 Å². The van der Waals surface area contributed by atoms with Crippen molar-refractivity contribution in [3.05, 3.63) is 117 Å². The van der Waals surface area contributed by atoms with Gasteiger partial charge in [-0.05, 0) is 66.1 Å². The molecular weight excluding hydrogens is 587 g/mol. The first-order valence-corrected chi connectivity index (χ1v) is 13.9. The Kier molecular flexibility index (Phi) is 9.06. The Bertz CT molecular complexity index is 1870. The van der Waals surface area contributed by atoms with E-state index in [0.717, 1.165) is 17.3 Å². The zero-order valence-electron chi connectivity index (χ0n) is 23.6. The van der Waals surface area contributed by atoms with Crippen molar-refractivity contribution < 1.29 is 18.8 Å². The molecule has 0 saturated heterocycles. The van der Waals surface area contributed by atoms with Crippen molar-refractivity contribution in [2.75, 3.05) is 11.9 Å². The molecule has 0 fully saturated rings. The summed E-state index contributed by atoms with van der Waals surface area (Å²) in [6, 6.07) is 21.6. The van der Waals surface area contributed by atoms with Crippen LogP contribution in [0.15, 0.2) is 85.2 Å². The summed E-state index contributed by atoms with van der Waals surface area (Å²) in [5.41, 5.74) is 10.1. The Balaban J connectivity index is 1.65. The van der Waals surface area contributed by atoms with E-state index in [0.29, 0.717) is 57.5 Å². The van der Waals surface area contributed by atoms with E-state index in [1.54, 1.807) is 36.4 Å². The van der Waals surface area contributed by atoms with Crippen LogP contribution < -0.4 is 20.5 Å². The normalized spacial score (nSPS) is 11.2. The van der Waals surface area contributed by atoms with E-state index < -0.39 is 11.6 Å². The SMILES string of the molecule is CCOc1cc(-c2cn(-c3cccc(/C=C\[N+](=O)[O-])c3)c3cc(CF)nc(NC(=N)N)c23)ccc1OCc1ccc(Cl)cc1. The van der Waals surface area contributed by atoms with Gasteiger partial charge in [-0.25, -0.2) is 9.37 Å². The maximum absolute atomic E-state index is 14.0. The molecule has 0 saturated carbocycles. The number of guanidine groups is 1. The first kappa shape index (κ1) is 30.1. The number of aromatic nitrogens is 2. The van der Waals surface area contributed by atoms with Gasteiger partial charge in [0.2, 0.25) is 6.20 Å². The van der Waals surface area contributed by atoms with E-state index in [-0.39, 0.29) is 17.5 Å². The van der Waals surface area contributed by atoms with E-state index in [4.69, 9.17) is 32.2 Å². The minimum atomic E-state index is -0.844. The molecule has 0 aliphatic carbocycles. The molecule has 0 unspecified atom stereocenters. The van der Waals surface area contributed by atoms with Gasteiger partial charge in [0.05, 0.1) is 28.1 Å². The molecule has 3 aromatic carbocycles. The molecule has 2 aromatic heterocycles. The first-order chi connectivity index (χ1) is 21.2. The molecule has 224 valence electrons. The number of nitro groups is 1. The predicted octanol–water partition coefficient (Wildman–Crippen LogP) is 7.35. The standard InChI is InChI=1S/C32H28ClFN6O4/c1-2-43-29-15-22(8-11-28(29)44-19-21-6-9-23(33)10-7-21)26-18-39(25-5-3-4-20(14-25)12-13-40(41)42)27-16-24(17-34)37-31(30(26)27)38-32(35)36/h3-16,18H,2,17,19H2,1H3,(H4,35,36,37,38)/b13-12-. The van der Waals surface area contributed by atoms with Gasteiger partial charge in [0.1, 0.15) is 19.1 Å². The average Bonchev–Trinajstić information content (AvgIpc) is 3.40. The lowest BCUT2D eigenvalue weighted by molar-refractivity contribution is -0.400. The number of hydrogen-bond donors (Lipinski definition) is 3. The molecule has 10 nitrogen and oxygen atoms in total. The predicted molar refractivity (Wildman–Crippen MR) is 170 cm³/mol. The van der Waals surface area contributed by atoms with Gasteiger partial charge < -0.3 is 25.1 Å². The van der Waals surface area contributed by atoms with Crippen molar-refractivity contribution in [2.45, 2.75) is 20.2 Å². The fourth-order valence-electron chi connectivity index (χ4n) is 4.75. The van der Waals surface area contributed by atoms with Gasteiger partial charge in [-0.2, -0.15) is 0 Å². The number of nitrogens with two attached hydrogens (primary N) is 1. The smallest absolute Gasteiger partial charge is 0.235 e. The molecule has 5 rings (SSSR count). The number of fused-ring (bicyclic) bond motifs is 1. The van der Waals surface area contributed by atoms with Crippen LogP contribution in [0.2, 0.25) is 5.02 Å². The first-order valence-electron chi connectivity index (χ1n) is 13.5. The minimum absolute atomic E-state index is 0.137. The average molecular weight is 615 g/mol. The van der Waals surface area contributed by atoms with Crippen LogP contribution >= 0.6 is 11.6 Å². The fourth-order valence-corrected chi connectivity index (χ4v) is 4.88. The largest absolute Gasteiger partial charge is 0.490 e. The molecular formula is C32H28ClFN6O4. The van der Waals surface area contributed by atoms with Crippen LogP contribution in [0, 0.1) is 15.5 Å². The van der Waals surface area contributed by atoms with Crippen LogP contribution in [0.4, 0.5) is 10.2 Å². The van der Waals surface area contributed by atoms with Gasteiger partial charge in [-0.3, -0.25) is 15.5 Å². The molecule has 0 aliphatic rings. The van der Waals surface area contributed by atoms with Crippen LogP contribution in [0.3, 0.4) is 0 Å². The van der Waals surface area contributed by atoms with E-state index >= 15 is 0 Å². The molecule has 0 amide bonds. The molecule has 0 aliphatic heterocycles. The monoisotopic (exact) mass is 614 g/mol. The number of halogens is 2. The van der Waals surface area contributed by atoms with Crippen LogP contribution in [-0.4, -0.2) is 27.0 Å². The van der Waals surface area contributed by atoms with E-state index in [2.05, 4.69) is 10.3 Å². The highest BCUT2D eigenvalue weighted by molar-refractivity contribution is 6.30. The molecule has 0 radical (unpaired) electrons. The topological polar surface area (TPSA) is 141 Å². The Labute approximate surface area is 257 Å². The minimum Gasteiger partial charge on any atom is -0.490 e. The van der Waals surface area contributed by atoms with Crippen LogP contribution in [0.1, 0.15) is 23.7 Å². The van der Waals surface area contributed by atoms with E-state index in [1.165, 1.54) is 6.08 Å². The van der Waals surface area contributed by atoms with Gasteiger partial charge in [-0.1, -0.05) is 41.9 Å². The van der Waals surface area contributed by atoms with E-state index in [9.17, 15) is 14.5 Å². The van der Waals surface area contributed by atoms with Crippen LogP contribution in [0.25, 0.3) is 33.8 Å². The summed E-state index contributed by atoms with van der Waals surface area (Å²) in [6.45, 7) is 1.73. The number of rotatable bonds is 11. The van der Waals surface area contributed by atoms with Gasteiger partial charge >= 0.3 is 0 Å². The lowest BCUT2D eigenvalue weighted by atomic mass is 10.0. The lowest BCUT2D eigenvalue weighted by Gasteiger charge is -2.14. The van der Waals surface area contributed by atoms with Gasteiger partial charge in [-0.15, -0.1) is 0 Å². The highest BCUT2D eigenvalue weighted by Crippen LogP contribution is 2.40. The van der Waals surface area contributed by atoms with Crippen LogP contribution in [0.5, 0.6) is 11.5 Å². The van der Waals surface area contributed by atoms with Crippen molar-refractivity contribution >= 4 is 40.4 Å². The number of nitrogens with one attached hydrogen (secondary N) is 2. The number of pyridine rings is 1. The Morgan fingerprint density at radius 3 is 2.64 bits per heavy atom. The molecule has 2 heterocycles. The summed E-state index contributed by atoms with van der Waals surface area (Å²) in [6.07, 6.45) is 4.12. The molecule has 4 N–H and O–H groups in total. The summed E-state index contributed by atoms with van der Waals surface area (Å²) < 4.78 is 27.9. The third-order valence-corrected chi connectivity index (χ3v) is 6.88. The number of benzene rings is 3. The fraction of sp³-hybridized carbons (Fsp3) is 0.125. The summed E-state index contributed by atoms with van der Waals surface area (Å²) in [5, 5.41) is 22.7. The number of anilines is 1. The summed E-state index contributed by atoms with van der Waals surface area (Å²) in [7, 11) is 0. The van der Waals surface area contributed by atoms with Gasteiger partial charge in [0.25, 0.3) is 0 Å². The third-order valence-electron chi connectivity index (χ3n) is 6.63. The summed E-state index contributed by atoms with van der Waals surface area (Å²) in [5.74, 6) is 0.906. The number of hydrogen-bond acceptors (Lipinski definition) is 6. The highest BCUT2D eigenvalue weighted by Gasteiger charge is 2.20. The molecule has 12 heteroatoms. The maximum Gasteiger partial charge on any atom is 0.235 e. The van der Waals surface area contributed by atoms with Crippen molar-refractivity contribution in [1.29, 1.82) is 5.41 Å². The Morgan fingerprint density at radius 1 is 1.14 bits per heavy atom. The zero-order valence-corrected chi connectivity index (χ0v) is 24.3. The molecule has 0 spiro atoms. The van der Waals surface area contributed by atoms with Gasteiger partial charge in [0.15, 0.2) is 17.5 Å². The highest BCUT2D eigenvalue weighted by atomic mass is 35.5. The summed E-state index contributed by atoms with van der Waals surface area (Å²) in [4.78, 5) is 14.8. The number of ether oxygens (including phenoxy) is 2. The van der Waals surface area contributed by atoms with Crippen molar-refractivity contribution in [1.82, 2.24) is 9.55 Å². The quantitative estimate of drug-likeness (QED) is 0.0611. The van der Waals surface area contributed by atoms with Crippen molar-refractivity contribution in [3.8, 4) is 28.3 Å². The number of alkyl halides is 1. The molecule has 44 heavy (non-hydrogen) atoms. The number of nitrogens with zero attached hydrogens (tertiary/aromatic N) is 3. The molecule has 0 atom stereocenters. The van der Waals surface area contributed by atoms with Crippen molar-refractivity contribution in [3.63, 3.8) is 0 Å². The third kappa shape index (κ3) is 6.79. The second kappa shape index (κ2) is 13.3. The summed E-state index contributed by atoms with van der Waals surface area (Å²) >= 11 is 6.01. The van der Waals surface area contributed by atoms with Crippen molar-refractivity contribution in [2.24, 2.45) is 5.73 Å². The molecule has 5 aromatic rings. The lowest BCUT2D eigenvalue weighted by Crippen LogP contribution is -2.21. The second-order valence-electron chi connectivity index (χ2n) is 9.65. The zero-order chi connectivity index (χ0) is 31.2. The Morgan fingerprint density at radius 2 is 1.93 bits per heavy atom. The molecule has 0 bridgehead atoms. The maximum atomic E-state index is 14.0.